The molecule has 32 heavy (non-hydrogen) atoms. The normalized spacial score (nSPS) is 22.6. The van der Waals surface area contributed by atoms with Crippen molar-refractivity contribution in [1.29, 1.82) is 0 Å². The van der Waals surface area contributed by atoms with Gasteiger partial charge in [0, 0.05) is 23.9 Å². The Balaban J connectivity index is 1.58. The van der Waals surface area contributed by atoms with E-state index in [0.29, 0.717) is 42.0 Å². The summed E-state index contributed by atoms with van der Waals surface area (Å²) in [7, 11) is 0. The second kappa shape index (κ2) is 7.74. The Morgan fingerprint density at radius 2 is 2.12 bits per heavy atom. The van der Waals surface area contributed by atoms with Crippen LogP contribution < -0.4 is 16.0 Å². The molecule has 3 aromatic rings. The summed E-state index contributed by atoms with van der Waals surface area (Å²) in [5.41, 5.74) is 6.18. The summed E-state index contributed by atoms with van der Waals surface area (Å²) in [6, 6.07) is 4.38. The molecule has 164 valence electrons. The lowest BCUT2D eigenvalue weighted by Crippen LogP contribution is -2.47. The molecule has 0 bridgehead atoms. The third kappa shape index (κ3) is 3.39. The topological polar surface area (TPSA) is 88.5 Å². The molecule has 3 N–H and O–H groups in total. The van der Waals surface area contributed by atoms with Gasteiger partial charge < -0.3 is 16.0 Å². The number of carbonyl (C=O) groups is 1. The Morgan fingerprint density at radius 3 is 2.91 bits per heavy atom. The van der Waals surface area contributed by atoms with Gasteiger partial charge in [0.2, 0.25) is 0 Å². The van der Waals surface area contributed by atoms with Crippen molar-refractivity contribution in [3.8, 4) is 0 Å². The van der Waals surface area contributed by atoms with Crippen molar-refractivity contribution in [2.24, 2.45) is 5.73 Å². The number of rotatable bonds is 4. The molecule has 0 radical (unpaired) electrons. The van der Waals surface area contributed by atoms with Crippen LogP contribution in [0.25, 0.3) is 5.65 Å². The van der Waals surface area contributed by atoms with E-state index in [1.807, 2.05) is 35.3 Å². The van der Waals surface area contributed by atoms with Crippen molar-refractivity contribution >= 4 is 17.5 Å². The zero-order valence-electron chi connectivity index (χ0n) is 17.2. The van der Waals surface area contributed by atoms with Crippen molar-refractivity contribution in [1.82, 2.24) is 19.9 Å². The van der Waals surface area contributed by atoms with Gasteiger partial charge in [0.25, 0.3) is 0 Å². The first-order valence-electron chi connectivity index (χ1n) is 10.5. The molecular formula is C23H22F2N6O. The summed E-state index contributed by atoms with van der Waals surface area (Å²) in [6.07, 6.45) is 13.0. The Labute approximate surface area is 183 Å². The number of halogens is 2. The van der Waals surface area contributed by atoms with E-state index in [-0.39, 0.29) is 6.04 Å². The van der Waals surface area contributed by atoms with Crippen LogP contribution in [0.4, 0.5) is 19.4 Å². The fraction of sp³-hybridized carbons (Fsp3) is 0.261. The number of allylic oxidation sites excluding steroid dienone is 2. The van der Waals surface area contributed by atoms with Gasteiger partial charge >= 0.3 is 6.03 Å². The van der Waals surface area contributed by atoms with E-state index in [1.54, 1.807) is 16.9 Å². The predicted octanol–water partition coefficient (Wildman–Crippen LogP) is 3.73. The summed E-state index contributed by atoms with van der Waals surface area (Å²) < 4.78 is 30.0. The Kier molecular flexibility index (Phi) is 4.88. The van der Waals surface area contributed by atoms with Crippen LogP contribution in [-0.2, 0) is 5.54 Å². The summed E-state index contributed by atoms with van der Waals surface area (Å²) in [6.45, 7) is 0.667. The molecule has 0 spiro atoms. The van der Waals surface area contributed by atoms with Crippen molar-refractivity contribution in [3.63, 3.8) is 0 Å². The molecule has 2 atom stereocenters. The zero-order valence-corrected chi connectivity index (χ0v) is 17.2. The molecule has 2 amide bonds. The first-order chi connectivity index (χ1) is 15.5. The lowest BCUT2D eigenvalue weighted by Gasteiger charge is -2.31. The maximum Gasteiger partial charge on any atom is 0.313 e. The van der Waals surface area contributed by atoms with Crippen LogP contribution in [-0.4, -0.2) is 27.2 Å². The molecule has 0 saturated carbocycles. The fourth-order valence-electron chi connectivity index (χ4n) is 4.67. The molecule has 1 aromatic carbocycles. The number of hydrogen-bond acceptors (Lipinski definition) is 4. The number of carbonyl (C=O) groups excluding carboxylic acids is 1. The van der Waals surface area contributed by atoms with Gasteiger partial charge in [-0.25, -0.2) is 23.1 Å². The molecule has 1 fully saturated rings. The summed E-state index contributed by atoms with van der Waals surface area (Å²) in [5.74, 6) is -0.264. The monoisotopic (exact) mass is 436 g/mol. The van der Waals surface area contributed by atoms with Gasteiger partial charge in [-0.1, -0.05) is 24.3 Å². The Hall–Kier alpha value is -3.75. The molecule has 2 aliphatic rings. The Morgan fingerprint density at radius 1 is 1.25 bits per heavy atom. The third-order valence-electron chi connectivity index (χ3n) is 6.11. The molecule has 9 heteroatoms. The van der Waals surface area contributed by atoms with Crippen LogP contribution in [0.5, 0.6) is 0 Å². The number of aromatic nitrogens is 3. The Bertz CT molecular complexity index is 1250. The molecule has 1 aliphatic carbocycles. The van der Waals surface area contributed by atoms with Crippen LogP contribution in [0, 0.1) is 11.6 Å². The van der Waals surface area contributed by atoms with E-state index >= 15 is 0 Å². The number of nitrogens with one attached hydrogen (secondary N) is 1. The van der Waals surface area contributed by atoms with Crippen molar-refractivity contribution in [3.05, 3.63) is 83.7 Å². The van der Waals surface area contributed by atoms with Gasteiger partial charge in [-0.05, 0) is 43.5 Å². The van der Waals surface area contributed by atoms with Crippen LogP contribution in [0.15, 0.2) is 61.0 Å². The average Bonchev–Trinajstić information content (AvgIpc) is 3.42. The van der Waals surface area contributed by atoms with Gasteiger partial charge in [-0.3, -0.25) is 0 Å². The van der Waals surface area contributed by atoms with Crippen LogP contribution in [0.1, 0.15) is 36.4 Å². The van der Waals surface area contributed by atoms with Gasteiger partial charge in [0.05, 0.1) is 17.8 Å². The highest BCUT2D eigenvalue weighted by Gasteiger charge is 2.35. The van der Waals surface area contributed by atoms with Crippen LogP contribution in [0.2, 0.25) is 0 Å². The fourth-order valence-corrected chi connectivity index (χ4v) is 4.67. The molecule has 1 aliphatic heterocycles. The largest absolute Gasteiger partial charge is 0.352 e. The van der Waals surface area contributed by atoms with E-state index in [2.05, 4.69) is 10.4 Å². The van der Waals surface area contributed by atoms with Gasteiger partial charge in [0.1, 0.15) is 17.5 Å². The highest BCUT2D eigenvalue weighted by molar-refractivity contribution is 5.74. The van der Waals surface area contributed by atoms with E-state index in [1.165, 1.54) is 6.07 Å². The maximum atomic E-state index is 14.5. The number of urea groups is 1. The molecule has 1 unspecified atom stereocenters. The molecule has 3 heterocycles. The number of primary amides is 1. The van der Waals surface area contributed by atoms with E-state index in [0.717, 1.165) is 18.6 Å². The van der Waals surface area contributed by atoms with Crippen molar-refractivity contribution in [2.75, 3.05) is 11.4 Å². The van der Waals surface area contributed by atoms with E-state index < -0.39 is 23.2 Å². The SMILES string of the molecule is NC(=O)N[C@@]1(c2cnn3ccc(N4CCCC4c4cc(F)ccc4F)nc23)C=CC=CC1. The standard InChI is InChI=1S/C23H22F2N6O/c24-15-6-7-18(25)16(13-15)19-5-4-11-30(19)20-8-12-31-21(28-20)17(14-27-31)23(29-22(26)32)9-2-1-3-10-23/h1-3,6-9,12-14,19H,4-5,10-11H2,(H3,26,29,32)/t19?,23-/m0/s1. The number of hydrogen-bond donors (Lipinski definition) is 2. The average molecular weight is 436 g/mol. The van der Waals surface area contributed by atoms with Crippen LogP contribution in [0.3, 0.4) is 0 Å². The summed E-state index contributed by atoms with van der Waals surface area (Å²) in [4.78, 5) is 18.6. The highest BCUT2D eigenvalue weighted by atomic mass is 19.1. The summed E-state index contributed by atoms with van der Waals surface area (Å²) >= 11 is 0. The number of nitrogens with zero attached hydrogens (tertiary/aromatic N) is 4. The minimum atomic E-state index is -0.868. The first-order valence-corrected chi connectivity index (χ1v) is 10.5. The number of amides is 2. The smallest absolute Gasteiger partial charge is 0.313 e. The maximum absolute atomic E-state index is 14.5. The third-order valence-corrected chi connectivity index (χ3v) is 6.11. The van der Waals surface area contributed by atoms with Crippen molar-refractivity contribution in [2.45, 2.75) is 30.8 Å². The van der Waals surface area contributed by atoms with E-state index in [4.69, 9.17) is 10.7 Å². The van der Waals surface area contributed by atoms with Gasteiger partial charge in [0.15, 0.2) is 5.65 Å². The minimum absolute atomic E-state index is 0.317. The first kappa shape index (κ1) is 20.2. The van der Waals surface area contributed by atoms with Crippen molar-refractivity contribution < 1.29 is 13.6 Å². The molecule has 1 saturated heterocycles. The highest BCUT2D eigenvalue weighted by Crippen LogP contribution is 2.38. The lowest BCUT2D eigenvalue weighted by molar-refractivity contribution is 0.239. The molecule has 7 nitrogen and oxygen atoms in total. The lowest BCUT2D eigenvalue weighted by atomic mass is 9.85. The quantitative estimate of drug-likeness (QED) is 0.652. The second-order valence-electron chi connectivity index (χ2n) is 8.08. The minimum Gasteiger partial charge on any atom is -0.352 e. The van der Waals surface area contributed by atoms with Gasteiger partial charge in [-0.2, -0.15) is 5.10 Å². The molecule has 5 rings (SSSR count). The zero-order chi connectivity index (χ0) is 22.3. The second-order valence-corrected chi connectivity index (χ2v) is 8.08. The summed E-state index contributed by atoms with van der Waals surface area (Å²) in [5, 5.41) is 7.22. The number of nitrogens with two attached hydrogens (primary N) is 1. The molecule has 2 aromatic heterocycles. The number of fused-ring (bicyclic) bond motifs is 1. The van der Waals surface area contributed by atoms with E-state index in [9.17, 15) is 13.6 Å². The van der Waals surface area contributed by atoms with Crippen LogP contribution >= 0.6 is 0 Å². The van der Waals surface area contributed by atoms with Gasteiger partial charge in [-0.15, -0.1) is 0 Å². The molecular weight excluding hydrogens is 414 g/mol. The number of anilines is 1. The predicted molar refractivity (Wildman–Crippen MR) is 116 cm³/mol. The number of benzene rings is 1.